The van der Waals surface area contributed by atoms with Crippen LogP contribution in [0.2, 0.25) is 0 Å². The number of carboxylic acids is 1. The fraction of sp³-hybridized carbons (Fsp3) is 0.375. The summed E-state index contributed by atoms with van der Waals surface area (Å²) < 4.78 is 3.97. The summed E-state index contributed by atoms with van der Waals surface area (Å²) in [5, 5.41) is 9.49. The molecule has 0 saturated carbocycles. The van der Waals surface area contributed by atoms with Crippen molar-refractivity contribution in [2.45, 2.75) is 20.8 Å². The van der Waals surface area contributed by atoms with E-state index in [4.69, 9.17) is 0 Å². The van der Waals surface area contributed by atoms with Gasteiger partial charge in [-0.25, -0.2) is 0 Å². The van der Waals surface area contributed by atoms with Crippen LogP contribution in [-0.2, 0) is 19.1 Å². The van der Waals surface area contributed by atoms with Gasteiger partial charge >= 0.3 is 11.9 Å². The van der Waals surface area contributed by atoms with E-state index in [0.29, 0.717) is 0 Å². The molecule has 5 nitrogen and oxygen atoms in total. The molecule has 0 unspecified atom stereocenters. The molecule has 5 heteroatoms. The quantitative estimate of drug-likeness (QED) is 0.311. The fourth-order valence-corrected chi connectivity index (χ4v) is 0.202. The lowest BCUT2D eigenvalue weighted by atomic mass is 10.4. The Morgan fingerprint density at radius 2 is 1.31 bits per heavy atom. The van der Waals surface area contributed by atoms with E-state index >= 15 is 0 Å². The van der Waals surface area contributed by atoms with Gasteiger partial charge in [-0.3, -0.25) is 9.59 Å². The molecule has 74 valence electrons. The van der Waals surface area contributed by atoms with E-state index in [0.717, 1.165) is 0 Å². The molecule has 0 spiro atoms. The van der Waals surface area contributed by atoms with Crippen LogP contribution in [0.3, 0.4) is 0 Å². The first-order valence-electron chi connectivity index (χ1n) is 3.33. The van der Waals surface area contributed by atoms with E-state index in [1.807, 2.05) is 0 Å². The van der Waals surface area contributed by atoms with Crippen LogP contribution in [-0.4, -0.2) is 17.9 Å². The van der Waals surface area contributed by atoms with Crippen LogP contribution < -0.4 is 5.11 Å². The van der Waals surface area contributed by atoms with Crippen molar-refractivity contribution in [3.05, 3.63) is 12.2 Å². The summed E-state index contributed by atoms with van der Waals surface area (Å²) in [6, 6.07) is 0. The summed E-state index contributed by atoms with van der Waals surface area (Å²) >= 11 is 0. The summed E-state index contributed by atoms with van der Waals surface area (Å²) in [4.78, 5) is 29.1. The largest absolute Gasteiger partial charge is 0.545 e. The molecule has 0 rings (SSSR count). The van der Waals surface area contributed by atoms with Crippen LogP contribution >= 0.6 is 0 Å². The van der Waals surface area contributed by atoms with Crippen molar-refractivity contribution in [2.24, 2.45) is 0 Å². The molecule has 0 aliphatic heterocycles. The van der Waals surface area contributed by atoms with Gasteiger partial charge in [-0.1, -0.05) is 6.58 Å². The Balaban J connectivity index is 0. The van der Waals surface area contributed by atoms with Crippen molar-refractivity contribution in [1.82, 2.24) is 0 Å². The van der Waals surface area contributed by atoms with Gasteiger partial charge in [-0.2, -0.15) is 0 Å². The summed E-state index contributed by atoms with van der Waals surface area (Å²) in [7, 11) is 0. The van der Waals surface area contributed by atoms with Gasteiger partial charge in [0.25, 0.3) is 0 Å². The zero-order valence-electron chi connectivity index (χ0n) is 7.75. The summed E-state index contributed by atoms with van der Waals surface area (Å²) in [5.41, 5.74) is 0.0648. The number of hydrogen-bond donors (Lipinski definition) is 0. The number of carbonyl (C=O) groups is 3. The lowest BCUT2D eigenvalue weighted by Crippen LogP contribution is -2.22. The minimum absolute atomic E-state index is 0.0648. The second-order valence-corrected chi connectivity index (χ2v) is 2.15. The molecule has 0 fully saturated rings. The smallest absolute Gasteiger partial charge is 0.310 e. The second kappa shape index (κ2) is 7.02. The van der Waals surface area contributed by atoms with Gasteiger partial charge in [0, 0.05) is 13.8 Å². The molecule has 0 saturated heterocycles. The van der Waals surface area contributed by atoms with Crippen LogP contribution in [0.1, 0.15) is 20.8 Å². The summed E-state index contributed by atoms with van der Waals surface area (Å²) in [5.74, 6) is -2.31. The molecule has 0 aromatic heterocycles. The van der Waals surface area contributed by atoms with Crippen molar-refractivity contribution in [3.8, 4) is 0 Å². The minimum Gasteiger partial charge on any atom is -0.545 e. The number of ether oxygens (including phenoxy) is 1. The third-order valence-corrected chi connectivity index (χ3v) is 0.636. The van der Waals surface area contributed by atoms with Gasteiger partial charge in [0.05, 0.1) is 5.97 Å². The predicted octanol–water partition coefficient (Wildman–Crippen LogP) is -0.592. The van der Waals surface area contributed by atoms with E-state index in [9.17, 15) is 19.5 Å². The molecule has 0 aromatic rings. The maximum absolute atomic E-state index is 9.81. The highest BCUT2D eigenvalue weighted by Gasteiger charge is 1.93. The highest BCUT2D eigenvalue weighted by atomic mass is 16.6. The zero-order chi connectivity index (χ0) is 11.0. The van der Waals surface area contributed by atoms with Crippen LogP contribution in [0.5, 0.6) is 0 Å². The van der Waals surface area contributed by atoms with Crippen molar-refractivity contribution in [2.75, 3.05) is 0 Å². The standard InChI is InChI=1S/C4H6O3.C4H6O2/c1-3(5)7-4(2)6;1-3(2)4(5)6/h1-2H3;1H2,2H3,(H,5,6)/p-1. The molecule has 0 heterocycles. The summed E-state index contributed by atoms with van der Waals surface area (Å²) in [6.07, 6.45) is 0. The highest BCUT2D eigenvalue weighted by molar-refractivity contribution is 5.83. The number of rotatable bonds is 1. The molecule has 0 N–H and O–H groups in total. The molecule has 0 atom stereocenters. The van der Waals surface area contributed by atoms with Gasteiger partial charge < -0.3 is 14.6 Å². The van der Waals surface area contributed by atoms with Gasteiger partial charge in [-0.15, -0.1) is 0 Å². The Bertz CT molecular complexity index is 205. The molecule has 0 aliphatic rings. The van der Waals surface area contributed by atoms with Crippen LogP contribution in [0, 0.1) is 0 Å². The van der Waals surface area contributed by atoms with Crippen molar-refractivity contribution < 1.29 is 24.2 Å². The SMILES string of the molecule is C=C(C)C(=O)[O-].CC(=O)OC(C)=O. The maximum Gasteiger partial charge on any atom is 0.310 e. The first kappa shape index (κ1) is 13.9. The van der Waals surface area contributed by atoms with Gasteiger partial charge in [-0.05, 0) is 12.5 Å². The van der Waals surface area contributed by atoms with Gasteiger partial charge in [0.1, 0.15) is 0 Å². The molecular weight excluding hydrogens is 176 g/mol. The van der Waals surface area contributed by atoms with Crippen LogP contribution in [0.25, 0.3) is 0 Å². The van der Waals surface area contributed by atoms with E-state index in [2.05, 4.69) is 11.3 Å². The third-order valence-electron chi connectivity index (χ3n) is 0.636. The Morgan fingerprint density at radius 1 is 1.08 bits per heavy atom. The number of carboxylic acid groups (broad SMARTS) is 1. The zero-order valence-corrected chi connectivity index (χ0v) is 7.75. The predicted molar refractivity (Wildman–Crippen MR) is 42.3 cm³/mol. The molecule has 13 heavy (non-hydrogen) atoms. The lowest BCUT2D eigenvalue weighted by Gasteiger charge is -1.93. The third kappa shape index (κ3) is 17.9. The Labute approximate surface area is 76.0 Å². The second-order valence-electron chi connectivity index (χ2n) is 2.15. The molecule has 0 amide bonds. The van der Waals surface area contributed by atoms with Crippen LogP contribution in [0.15, 0.2) is 12.2 Å². The molecule has 0 bridgehead atoms. The van der Waals surface area contributed by atoms with E-state index < -0.39 is 17.9 Å². The topological polar surface area (TPSA) is 83.5 Å². The van der Waals surface area contributed by atoms with E-state index in [1.165, 1.54) is 20.8 Å². The number of esters is 2. The average molecular weight is 187 g/mol. The molecule has 0 aliphatic carbocycles. The molecule has 0 aromatic carbocycles. The maximum atomic E-state index is 9.81. The summed E-state index contributed by atoms with van der Waals surface area (Å²) in [6.45, 7) is 6.84. The van der Waals surface area contributed by atoms with Crippen molar-refractivity contribution in [1.29, 1.82) is 0 Å². The first-order valence-corrected chi connectivity index (χ1v) is 3.33. The average Bonchev–Trinajstić information content (AvgIpc) is 1.84. The van der Waals surface area contributed by atoms with E-state index in [1.54, 1.807) is 0 Å². The number of carbonyl (C=O) groups excluding carboxylic acids is 3. The van der Waals surface area contributed by atoms with Gasteiger partial charge in [0.2, 0.25) is 0 Å². The number of aliphatic carboxylic acids is 1. The number of hydrogen-bond acceptors (Lipinski definition) is 5. The molecule has 0 radical (unpaired) electrons. The normalized spacial score (nSPS) is 7.62. The van der Waals surface area contributed by atoms with Crippen LogP contribution in [0.4, 0.5) is 0 Å². The molecular formula is C8H11O5-. The highest BCUT2D eigenvalue weighted by Crippen LogP contribution is 1.77. The lowest BCUT2D eigenvalue weighted by molar-refractivity contribution is -0.299. The first-order chi connectivity index (χ1) is 5.77. The minimum atomic E-state index is -1.19. The van der Waals surface area contributed by atoms with Gasteiger partial charge in [0.15, 0.2) is 0 Å². The fourth-order valence-electron chi connectivity index (χ4n) is 0.202. The Morgan fingerprint density at radius 3 is 1.31 bits per heavy atom. The Kier molecular flexibility index (Phi) is 7.51. The van der Waals surface area contributed by atoms with E-state index in [-0.39, 0.29) is 5.57 Å². The Hall–Kier alpha value is -1.65. The van der Waals surface area contributed by atoms with Crippen molar-refractivity contribution in [3.63, 3.8) is 0 Å². The van der Waals surface area contributed by atoms with Crippen molar-refractivity contribution >= 4 is 17.9 Å². The monoisotopic (exact) mass is 187 g/mol.